The Bertz CT molecular complexity index is 1300. The molecule has 2 heterocycles. The molecular formula is C30H36N2O7. The molecule has 39 heavy (non-hydrogen) atoms. The Hall–Kier alpha value is -3.24. The lowest BCUT2D eigenvalue weighted by atomic mass is 9.54. The first-order chi connectivity index (χ1) is 18.7. The quantitative estimate of drug-likeness (QED) is 0.457. The van der Waals surface area contributed by atoms with Gasteiger partial charge < -0.3 is 35.1 Å². The van der Waals surface area contributed by atoms with Crippen molar-refractivity contribution in [2.45, 2.75) is 69.0 Å². The van der Waals surface area contributed by atoms with Crippen molar-refractivity contribution in [1.82, 2.24) is 4.90 Å². The SMILES string of the molecule is Cc1ccc(CO)c2c1[C@]13CCN(C)[C@H](C)[C@]1(O)CC=C(OC(=O)[C@H](OC(=O)CCN)c1ccccc1)[C@@H]3O2. The van der Waals surface area contributed by atoms with Crippen molar-refractivity contribution >= 4 is 11.9 Å². The van der Waals surface area contributed by atoms with E-state index in [0.29, 0.717) is 29.8 Å². The topological polar surface area (TPSA) is 132 Å². The molecular weight excluding hydrogens is 500 g/mol. The molecule has 0 bridgehead atoms. The third-order valence-corrected chi connectivity index (χ3v) is 8.74. The van der Waals surface area contributed by atoms with E-state index in [2.05, 4.69) is 4.90 Å². The van der Waals surface area contributed by atoms with Crippen LogP contribution >= 0.6 is 0 Å². The molecule has 2 aromatic rings. The molecule has 3 aliphatic rings. The highest BCUT2D eigenvalue weighted by atomic mass is 16.6. The summed E-state index contributed by atoms with van der Waals surface area (Å²) in [5, 5.41) is 22.5. The van der Waals surface area contributed by atoms with E-state index in [9.17, 15) is 19.8 Å². The first-order valence-electron chi connectivity index (χ1n) is 13.4. The molecule has 9 heteroatoms. The summed E-state index contributed by atoms with van der Waals surface area (Å²) in [6.07, 6.45) is 0.351. The van der Waals surface area contributed by atoms with Crippen LogP contribution in [0.5, 0.6) is 5.75 Å². The number of piperidine rings is 1. The minimum atomic E-state index is -1.29. The van der Waals surface area contributed by atoms with Crippen LogP contribution in [0.15, 0.2) is 54.3 Å². The molecule has 0 amide bonds. The lowest BCUT2D eigenvalue weighted by Crippen LogP contribution is -2.71. The van der Waals surface area contributed by atoms with Crippen LogP contribution < -0.4 is 10.5 Å². The van der Waals surface area contributed by atoms with Crippen LogP contribution in [0.25, 0.3) is 0 Å². The Labute approximate surface area is 228 Å². The molecule has 0 saturated carbocycles. The number of nitrogens with zero attached hydrogens (tertiary/aromatic N) is 1. The highest BCUT2D eigenvalue weighted by Crippen LogP contribution is 2.61. The molecule has 2 aliphatic heterocycles. The smallest absolute Gasteiger partial charge is 0.357 e. The molecule has 5 atom stereocenters. The molecule has 5 rings (SSSR count). The number of aliphatic hydroxyl groups is 2. The van der Waals surface area contributed by atoms with E-state index in [0.717, 1.165) is 11.1 Å². The lowest BCUT2D eigenvalue weighted by molar-refractivity contribution is -0.173. The van der Waals surface area contributed by atoms with Gasteiger partial charge in [-0.15, -0.1) is 0 Å². The second-order valence-corrected chi connectivity index (χ2v) is 10.8. The number of fused-ring (bicyclic) bond motifs is 1. The fraction of sp³-hybridized carbons (Fsp3) is 0.467. The van der Waals surface area contributed by atoms with Crippen molar-refractivity contribution in [3.05, 3.63) is 76.6 Å². The summed E-state index contributed by atoms with van der Waals surface area (Å²) in [5.41, 5.74) is 6.24. The number of likely N-dealkylation sites (tertiary alicyclic amines) is 1. The molecule has 0 unspecified atom stereocenters. The van der Waals surface area contributed by atoms with Crippen LogP contribution in [-0.2, 0) is 31.1 Å². The van der Waals surface area contributed by atoms with Gasteiger partial charge >= 0.3 is 11.9 Å². The highest BCUT2D eigenvalue weighted by Gasteiger charge is 2.69. The zero-order valence-corrected chi connectivity index (χ0v) is 22.6. The molecule has 0 radical (unpaired) electrons. The summed E-state index contributed by atoms with van der Waals surface area (Å²) in [4.78, 5) is 28.1. The van der Waals surface area contributed by atoms with Gasteiger partial charge in [0.2, 0.25) is 6.10 Å². The number of likely N-dealkylation sites (N-methyl/N-ethyl adjacent to an activating group) is 1. The van der Waals surface area contributed by atoms with Crippen molar-refractivity contribution in [2.24, 2.45) is 5.73 Å². The summed E-state index contributed by atoms with van der Waals surface area (Å²) in [7, 11) is 1.98. The average molecular weight is 537 g/mol. The second kappa shape index (κ2) is 10.4. The molecule has 1 fully saturated rings. The van der Waals surface area contributed by atoms with Gasteiger partial charge in [0, 0.05) is 35.7 Å². The summed E-state index contributed by atoms with van der Waals surface area (Å²) in [6, 6.07) is 12.2. The molecule has 1 spiro atoms. The van der Waals surface area contributed by atoms with Crippen molar-refractivity contribution < 1.29 is 34.0 Å². The number of aliphatic hydroxyl groups excluding tert-OH is 1. The van der Waals surface area contributed by atoms with Crippen molar-refractivity contribution in [1.29, 1.82) is 0 Å². The van der Waals surface area contributed by atoms with Crippen LogP contribution in [0.1, 0.15) is 54.5 Å². The average Bonchev–Trinajstić information content (AvgIpc) is 3.29. The minimum Gasteiger partial charge on any atom is -0.481 e. The van der Waals surface area contributed by atoms with E-state index in [-0.39, 0.29) is 37.8 Å². The first-order valence-corrected chi connectivity index (χ1v) is 13.4. The molecule has 208 valence electrons. The Morgan fingerprint density at radius 1 is 1.23 bits per heavy atom. The number of esters is 2. The second-order valence-electron chi connectivity index (χ2n) is 10.8. The number of rotatable bonds is 7. The van der Waals surface area contributed by atoms with Crippen LogP contribution in [-0.4, -0.2) is 64.9 Å². The van der Waals surface area contributed by atoms with Crippen molar-refractivity contribution in [3.63, 3.8) is 0 Å². The largest absolute Gasteiger partial charge is 0.481 e. The van der Waals surface area contributed by atoms with Crippen LogP contribution in [0.4, 0.5) is 0 Å². The normalized spacial score (nSPS) is 28.3. The number of nitrogens with two attached hydrogens (primary N) is 1. The van der Waals surface area contributed by atoms with Gasteiger partial charge in [-0.25, -0.2) is 4.79 Å². The van der Waals surface area contributed by atoms with Crippen LogP contribution in [0, 0.1) is 6.92 Å². The standard InChI is InChI=1S/C30H36N2O7/c1-18-9-10-21(17-33)25-24(18)29-14-16-32(3)19(2)30(29,36)13-11-22(27(29)39-25)37-28(35)26(38-23(34)12-15-31)20-7-5-4-6-8-20/h4-11,19,26-27,33,36H,12-17,31H2,1-3H3/t19-,26-,27+,29+,30-/m1/s1. The Morgan fingerprint density at radius 2 is 1.97 bits per heavy atom. The molecule has 0 aromatic heterocycles. The van der Waals surface area contributed by atoms with Gasteiger partial charge in [0.15, 0.2) is 6.10 Å². The Morgan fingerprint density at radius 3 is 2.67 bits per heavy atom. The fourth-order valence-electron chi connectivity index (χ4n) is 6.56. The van der Waals surface area contributed by atoms with Gasteiger partial charge in [-0.3, -0.25) is 4.79 Å². The van der Waals surface area contributed by atoms with Crippen molar-refractivity contribution in [3.8, 4) is 5.75 Å². The molecule has 1 aliphatic carbocycles. The number of hydrogen-bond acceptors (Lipinski definition) is 9. The fourth-order valence-corrected chi connectivity index (χ4v) is 6.56. The maximum atomic E-state index is 13.6. The third-order valence-electron chi connectivity index (χ3n) is 8.74. The summed E-state index contributed by atoms with van der Waals surface area (Å²) < 4.78 is 18.0. The number of hydrogen-bond donors (Lipinski definition) is 3. The minimum absolute atomic E-state index is 0.0366. The summed E-state index contributed by atoms with van der Waals surface area (Å²) >= 11 is 0. The zero-order chi connectivity index (χ0) is 27.9. The van der Waals surface area contributed by atoms with E-state index in [1.54, 1.807) is 36.4 Å². The van der Waals surface area contributed by atoms with E-state index in [1.807, 2.05) is 33.0 Å². The lowest BCUT2D eigenvalue weighted by Gasteiger charge is -2.58. The molecule has 1 saturated heterocycles. The highest BCUT2D eigenvalue weighted by molar-refractivity contribution is 5.81. The number of carbonyl (C=O) groups excluding carboxylic acids is 2. The van der Waals surface area contributed by atoms with Gasteiger partial charge in [-0.05, 0) is 45.5 Å². The number of carbonyl (C=O) groups is 2. The predicted octanol–water partition coefficient (Wildman–Crippen LogP) is 2.41. The first kappa shape index (κ1) is 27.3. The van der Waals surface area contributed by atoms with Gasteiger partial charge in [-0.1, -0.05) is 42.5 Å². The van der Waals surface area contributed by atoms with E-state index < -0.39 is 35.2 Å². The monoisotopic (exact) mass is 536 g/mol. The number of benzene rings is 2. The predicted molar refractivity (Wildman–Crippen MR) is 143 cm³/mol. The zero-order valence-electron chi connectivity index (χ0n) is 22.6. The van der Waals surface area contributed by atoms with Gasteiger partial charge in [0.25, 0.3) is 0 Å². The summed E-state index contributed by atoms with van der Waals surface area (Å²) in [5.74, 6) is -0.589. The van der Waals surface area contributed by atoms with E-state index in [1.165, 1.54) is 0 Å². The maximum absolute atomic E-state index is 13.6. The van der Waals surface area contributed by atoms with Crippen LogP contribution in [0.2, 0.25) is 0 Å². The molecule has 9 nitrogen and oxygen atoms in total. The van der Waals surface area contributed by atoms with E-state index >= 15 is 0 Å². The van der Waals surface area contributed by atoms with Gasteiger partial charge in [0.05, 0.1) is 24.0 Å². The molecule has 2 aromatic carbocycles. The number of ether oxygens (including phenoxy) is 3. The molecule has 4 N–H and O–H groups in total. The number of aryl methyl sites for hydroxylation is 1. The van der Waals surface area contributed by atoms with Gasteiger partial charge in [0.1, 0.15) is 11.5 Å². The van der Waals surface area contributed by atoms with E-state index in [4.69, 9.17) is 19.9 Å². The van der Waals surface area contributed by atoms with Gasteiger partial charge in [-0.2, -0.15) is 0 Å². The Kier molecular flexibility index (Phi) is 7.28. The third kappa shape index (κ3) is 4.24. The Balaban J connectivity index is 1.56. The van der Waals surface area contributed by atoms with Crippen molar-refractivity contribution in [2.75, 3.05) is 20.1 Å². The summed E-state index contributed by atoms with van der Waals surface area (Å²) in [6.45, 7) is 4.51. The maximum Gasteiger partial charge on any atom is 0.357 e. The van der Waals surface area contributed by atoms with Crippen LogP contribution in [0.3, 0.4) is 0 Å².